The standard InChI is InChI=1S/C18H30S3/c19-17-9-13-7-15(17)5-11(13)1-3-21-4-2-12-6-16-8-14(12)10-18(16)20/h11-20H,1-10H2. The summed E-state index contributed by atoms with van der Waals surface area (Å²) in [7, 11) is 0. The van der Waals surface area contributed by atoms with Gasteiger partial charge in [0.2, 0.25) is 0 Å². The second kappa shape index (κ2) is 6.51. The minimum Gasteiger partial charge on any atom is -0.176 e. The third kappa shape index (κ3) is 3.18. The van der Waals surface area contributed by atoms with Crippen LogP contribution in [0.15, 0.2) is 0 Å². The Balaban J connectivity index is 1.10. The number of rotatable bonds is 6. The highest BCUT2D eigenvalue weighted by molar-refractivity contribution is 7.99. The van der Waals surface area contributed by atoms with Crippen molar-refractivity contribution in [3.05, 3.63) is 0 Å². The summed E-state index contributed by atoms with van der Waals surface area (Å²) in [6.07, 6.45) is 11.8. The van der Waals surface area contributed by atoms with Crippen molar-refractivity contribution in [2.75, 3.05) is 11.5 Å². The third-order valence-corrected chi connectivity index (χ3v) is 9.51. The predicted molar refractivity (Wildman–Crippen MR) is 101 cm³/mol. The summed E-state index contributed by atoms with van der Waals surface area (Å²) >= 11 is 11.7. The molecule has 0 nitrogen and oxygen atoms in total. The van der Waals surface area contributed by atoms with E-state index in [0.29, 0.717) is 0 Å². The Morgan fingerprint density at radius 2 is 1.10 bits per heavy atom. The molecule has 4 aliphatic carbocycles. The van der Waals surface area contributed by atoms with Crippen LogP contribution in [0.2, 0.25) is 0 Å². The Bertz CT molecular complexity index is 333. The Labute approximate surface area is 145 Å². The van der Waals surface area contributed by atoms with Crippen LogP contribution >= 0.6 is 37.0 Å². The highest BCUT2D eigenvalue weighted by atomic mass is 32.2. The molecule has 4 fully saturated rings. The van der Waals surface area contributed by atoms with E-state index in [1.165, 1.54) is 62.9 Å². The van der Waals surface area contributed by atoms with E-state index in [2.05, 4.69) is 11.8 Å². The van der Waals surface area contributed by atoms with E-state index in [-0.39, 0.29) is 0 Å². The molecule has 21 heavy (non-hydrogen) atoms. The first-order valence-electron chi connectivity index (χ1n) is 9.14. The van der Waals surface area contributed by atoms with Gasteiger partial charge in [-0.2, -0.15) is 37.0 Å². The van der Waals surface area contributed by atoms with Crippen LogP contribution in [0.5, 0.6) is 0 Å². The Morgan fingerprint density at radius 3 is 1.43 bits per heavy atom. The molecule has 0 spiro atoms. The van der Waals surface area contributed by atoms with Crippen LogP contribution in [-0.4, -0.2) is 22.0 Å². The van der Waals surface area contributed by atoms with E-state index >= 15 is 0 Å². The van der Waals surface area contributed by atoms with Crippen molar-refractivity contribution < 1.29 is 0 Å². The van der Waals surface area contributed by atoms with Gasteiger partial charge in [0.15, 0.2) is 0 Å². The summed E-state index contributed by atoms with van der Waals surface area (Å²) < 4.78 is 0. The van der Waals surface area contributed by atoms with Gasteiger partial charge in [-0.25, -0.2) is 0 Å². The lowest BCUT2D eigenvalue weighted by Crippen LogP contribution is -2.19. The molecule has 0 amide bonds. The van der Waals surface area contributed by atoms with Crippen LogP contribution < -0.4 is 0 Å². The maximum atomic E-state index is 4.73. The Hall–Kier alpha value is 1.05. The normalized spacial score (nSPS) is 51.1. The van der Waals surface area contributed by atoms with E-state index in [9.17, 15) is 0 Å². The fourth-order valence-corrected chi connectivity index (χ4v) is 8.18. The van der Waals surface area contributed by atoms with Gasteiger partial charge in [-0.15, -0.1) is 0 Å². The molecule has 4 saturated carbocycles. The van der Waals surface area contributed by atoms with E-state index in [4.69, 9.17) is 25.3 Å². The predicted octanol–water partition coefficient (Wildman–Crippen LogP) is 5.19. The minimum absolute atomic E-state index is 0.743. The van der Waals surface area contributed by atoms with Gasteiger partial charge in [0.25, 0.3) is 0 Å². The molecule has 0 heterocycles. The molecule has 0 aromatic heterocycles. The smallest absolute Gasteiger partial charge is 0.00480 e. The third-order valence-electron chi connectivity index (χ3n) is 7.20. The van der Waals surface area contributed by atoms with Gasteiger partial charge in [0.05, 0.1) is 0 Å². The van der Waals surface area contributed by atoms with Crippen LogP contribution in [0.25, 0.3) is 0 Å². The van der Waals surface area contributed by atoms with Crippen molar-refractivity contribution in [3.8, 4) is 0 Å². The first kappa shape index (κ1) is 15.6. The summed E-state index contributed by atoms with van der Waals surface area (Å²) in [5.74, 6) is 8.96. The molecular formula is C18H30S3. The Morgan fingerprint density at radius 1 is 0.619 bits per heavy atom. The summed E-state index contributed by atoms with van der Waals surface area (Å²) in [4.78, 5) is 0. The van der Waals surface area contributed by atoms with Gasteiger partial charge < -0.3 is 0 Å². The zero-order valence-corrected chi connectivity index (χ0v) is 15.6. The molecular weight excluding hydrogens is 312 g/mol. The fourth-order valence-electron chi connectivity index (χ4n) is 6.01. The molecule has 0 aromatic carbocycles. The molecule has 0 N–H and O–H groups in total. The molecule has 8 unspecified atom stereocenters. The van der Waals surface area contributed by atoms with Gasteiger partial charge in [-0.3, -0.25) is 0 Å². The van der Waals surface area contributed by atoms with Gasteiger partial charge in [-0.1, -0.05) is 0 Å². The second-order valence-corrected chi connectivity index (χ2v) is 10.9. The minimum atomic E-state index is 0.743. The van der Waals surface area contributed by atoms with Gasteiger partial charge in [0.1, 0.15) is 0 Å². The van der Waals surface area contributed by atoms with Crippen molar-refractivity contribution in [2.24, 2.45) is 35.5 Å². The van der Waals surface area contributed by atoms with Crippen molar-refractivity contribution >= 4 is 37.0 Å². The van der Waals surface area contributed by atoms with Crippen LogP contribution in [-0.2, 0) is 0 Å². The highest BCUT2D eigenvalue weighted by Crippen LogP contribution is 2.53. The van der Waals surface area contributed by atoms with Gasteiger partial charge >= 0.3 is 0 Å². The number of thioether (sulfide) groups is 1. The first-order valence-corrected chi connectivity index (χ1v) is 11.3. The van der Waals surface area contributed by atoms with Crippen LogP contribution in [0.4, 0.5) is 0 Å². The molecule has 0 aromatic rings. The molecule has 4 rings (SSSR count). The maximum Gasteiger partial charge on any atom is 0.00480 e. The van der Waals surface area contributed by atoms with Crippen molar-refractivity contribution in [1.82, 2.24) is 0 Å². The lowest BCUT2D eigenvalue weighted by molar-refractivity contribution is 0.330. The molecule has 8 atom stereocenters. The molecule has 4 bridgehead atoms. The largest absolute Gasteiger partial charge is 0.176 e. The lowest BCUT2D eigenvalue weighted by atomic mass is 9.87. The van der Waals surface area contributed by atoms with E-state index in [1.54, 1.807) is 0 Å². The van der Waals surface area contributed by atoms with Crippen molar-refractivity contribution in [1.29, 1.82) is 0 Å². The van der Waals surface area contributed by atoms with E-state index in [0.717, 1.165) is 46.0 Å². The van der Waals surface area contributed by atoms with Gasteiger partial charge in [-0.05, 0) is 98.4 Å². The van der Waals surface area contributed by atoms with Crippen LogP contribution in [0.1, 0.15) is 51.4 Å². The lowest BCUT2D eigenvalue weighted by Gasteiger charge is -2.26. The van der Waals surface area contributed by atoms with E-state index in [1.807, 2.05) is 0 Å². The zero-order chi connectivity index (χ0) is 14.4. The summed E-state index contributed by atoms with van der Waals surface area (Å²) in [5, 5.41) is 1.49. The average molecular weight is 343 g/mol. The number of hydrogen-bond donors (Lipinski definition) is 2. The fraction of sp³-hybridized carbons (Fsp3) is 1.00. The zero-order valence-electron chi connectivity index (χ0n) is 13.0. The maximum absolute atomic E-state index is 4.73. The van der Waals surface area contributed by atoms with Crippen molar-refractivity contribution in [2.45, 2.75) is 61.9 Å². The summed E-state index contributed by atoms with van der Waals surface area (Å²) in [6.45, 7) is 0. The molecule has 0 aliphatic heterocycles. The monoisotopic (exact) mass is 342 g/mol. The van der Waals surface area contributed by atoms with Crippen LogP contribution in [0.3, 0.4) is 0 Å². The molecule has 3 heteroatoms. The molecule has 4 aliphatic rings. The Kier molecular flexibility index (Phi) is 4.83. The number of hydrogen-bond acceptors (Lipinski definition) is 3. The topological polar surface area (TPSA) is 0 Å². The molecule has 0 saturated heterocycles. The number of fused-ring (bicyclic) bond motifs is 4. The van der Waals surface area contributed by atoms with Crippen LogP contribution in [0, 0.1) is 35.5 Å². The average Bonchev–Trinajstić information content (AvgIpc) is 3.18. The molecule has 0 radical (unpaired) electrons. The summed E-state index contributed by atoms with van der Waals surface area (Å²) in [5.41, 5.74) is 0. The quantitative estimate of drug-likeness (QED) is 0.495. The van der Waals surface area contributed by atoms with Crippen molar-refractivity contribution in [3.63, 3.8) is 0 Å². The number of thiol groups is 2. The highest BCUT2D eigenvalue weighted by Gasteiger charge is 2.44. The SMILES string of the molecule is SC1CC2CC1CC2CCSCCC1CC2CC1CC2S. The van der Waals surface area contributed by atoms with E-state index < -0.39 is 0 Å². The first-order chi connectivity index (χ1) is 10.2. The second-order valence-electron chi connectivity index (χ2n) is 8.30. The summed E-state index contributed by atoms with van der Waals surface area (Å²) in [6, 6.07) is 0. The van der Waals surface area contributed by atoms with Gasteiger partial charge in [0, 0.05) is 10.5 Å². The molecule has 120 valence electrons.